The lowest BCUT2D eigenvalue weighted by Gasteiger charge is -2.09. The highest BCUT2D eigenvalue weighted by molar-refractivity contribution is 6.04. The molecular formula is C15H8F4N2O. The van der Waals surface area contributed by atoms with Gasteiger partial charge in [-0.1, -0.05) is 0 Å². The largest absolute Gasteiger partial charge is 0.416 e. The van der Waals surface area contributed by atoms with Crippen molar-refractivity contribution < 1.29 is 22.4 Å². The molecule has 2 rings (SSSR count). The second-order valence-corrected chi connectivity index (χ2v) is 4.34. The molecule has 2 aromatic carbocycles. The van der Waals surface area contributed by atoms with Crippen LogP contribution in [0.5, 0.6) is 0 Å². The maximum Gasteiger partial charge on any atom is 0.416 e. The molecule has 0 fully saturated rings. The molecule has 2 aromatic rings. The van der Waals surface area contributed by atoms with E-state index in [9.17, 15) is 22.4 Å². The zero-order valence-corrected chi connectivity index (χ0v) is 10.9. The van der Waals surface area contributed by atoms with Gasteiger partial charge in [0.25, 0.3) is 5.91 Å². The van der Waals surface area contributed by atoms with Crippen LogP contribution in [0.1, 0.15) is 21.5 Å². The van der Waals surface area contributed by atoms with Gasteiger partial charge in [-0.2, -0.15) is 18.4 Å². The van der Waals surface area contributed by atoms with Gasteiger partial charge in [-0.3, -0.25) is 4.79 Å². The third-order valence-corrected chi connectivity index (χ3v) is 2.81. The van der Waals surface area contributed by atoms with Gasteiger partial charge in [0, 0.05) is 5.69 Å². The Morgan fingerprint density at radius 3 is 2.27 bits per heavy atom. The van der Waals surface area contributed by atoms with Crippen molar-refractivity contribution in [2.75, 3.05) is 5.32 Å². The molecule has 0 aromatic heterocycles. The molecule has 0 atom stereocenters. The number of nitrogens with one attached hydrogen (secondary N) is 1. The monoisotopic (exact) mass is 308 g/mol. The first-order valence-corrected chi connectivity index (χ1v) is 5.99. The second kappa shape index (κ2) is 5.85. The van der Waals surface area contributed by atoms with Crippen molar-refractivity contribution in [3.05, 3.63) is 65.0 Å². The smallest absolute Gasteiger partial charge is 0.322 e. The van der Waals surface area contributed by atoms with Gasteiger partial charge >= 0.3 is 6.18 Å². The van der Waals surface area contributed by atoms with Crippen molar-refractivity contribution in [2.24, 2.45) is 0 Å². The number of hydrogen-bond donors (Lipinski definition) is 1. The molecule has 0 bridgehead atoms. The number of anilines is 1. The van der Waals surface area contributed by atoms with E-state index in [2.05, 4.69) is 5.32 Å². The number of nitrogens with zero attached hydrogens (tertiary/aromatic N) is 1. The van der Waals surface area contributed by atoms with E-state index in [4.69, 9.17) is 5.26 Å². The van der Waals surface area contributed by atoms with Gasteiger partial charge in [-0.15, -0.1) is 0 Å². The van der Waals surface area contributed by atoms with Crippen LogP contribution in [0.15, 0.2) is 42.5 Å². The van der Waals surface area contributed by atoms with Crippen LogP contribution in [0, 0.1) is 17.1 Å². The fraction of sp³-hybridized carbons (Fsp3) is 0.0667. The normalized spacial score (nSPS) is 10.9. The number of amides is 1. The summed E-state index contributed by atoms with van der Waals surface area (Å²) in [4.78, 5) is 11.9. The summed E-state index contributed by atoms with van der Waals surface area (Å²) >= 11 is 0. The number of nitriles is 1. The summed E-state index contributed by atoms with van der Waals surface area (Å²) in [5, 5.41) is 11.0. The summed E-state index contributed by atoms with van der Waals surface area (Å²) in [7, 11) is 0. The zero-order valence-electron chi connectivity index (χ0n) is 10.9. The number of hydrogen-bond acceptors (Lipinski definition) is 2. The summed E-state index contributed by atoms with van der Waals surface area (Å²) in [6.07, 6.45) is -4.48. The third kappa shape index (κ3) is 3.41. The summed E-state index contributed by atoms with van der Waals surface area (Å²) in [6.45, 7) is 0. The molecule has 3 nitrogen and oxygen atoms in total. The highest BCUT2D eigenvalue weighted by Gasteiger charge is 2.30. The molecule has 0 spiro atoms. The van der Waals surface area contributed by atoms with Gasteiger partial charge in [0.1, 0.15) is 5.82 Å². The lowest BCUT2D eigenvalue weighted by atomic mass is 10.1. The van der Waals surface area contributed by atoms with Crippen molar-refractivity contribution in [3.63, 3.8) is 0 Å². The number of carbonyl (C=O) groups is 1. The lowest BCUT2D eigenvalue weighted by molar-refractivity contribution is -0.137. The molecule has 0 aliphatic heterocycles. The standard InChI is InChI=1S/C15H8F4N2O/c16-13-6-1-9(8-20)7-12(13)14(22)21-11-4-2-10(3-5-11)15(17,18)19/h1-7H,(H,21,22). The van der Waals surface area contributed by atoms with Crippen LogP contribution < -0.4 is 5.32 Å². The van der Waals surface area contributed by atoms with Crippen LogP contribution >= 0.6 is 0 Å². The molecule has 0 radical (unpaired) electrons. The molecule has 112 valence electrons. The van der Waals surface area contributed by atoms with E-state index in [0.29, 0.717) is 0 Å². The summed E-state index contributed by atoms with van der Waals surface area (Å²) < 4.78 is 50.8. The van der Waals surface area contributed by atoms with Crippen LogP contribution in [-0.4, -0.2) is 5.91 Å². The minimum absolute atomic E-state index is 0.0831. The van der Waals surface area contributed by atoms with Gasteiger partial charge in [-0.25, -0.2) is 4.39 Å². The Bertz CT molecular complexity index is 746. The third-order valence-electron chi connectivity index (χ3n) is 2.81. The van der Waals surface area contributed by atoms with Gasteiger partial charge in [0.2, 0.25) is 0 Å². The van der Waals surface area contributed by atoms with Crippen LogP contribution in [0.4, 0.5) is 23.2 Å². The Balaban J connectivity index is 2.21. The van der Waals surface area contributed by atoms with Crippen molar-refractivity contribution in [1.29, 1.82) is 5.26 Å². The molecule has 0 unspecified atom stereocenters. The summed E-state index contributed by atoms with van der Waals surface area (Å²) in [5.41, 5.74) is -1.04. The minimum Gasteiger partial charge on any atom is -0.322 e. The molecule has 0 heterocycles. The molecule has 1 amide bonds. The molecule has 22 heavy (non-hydrogen) atoms. The van der Waals surface area contributed by atoms with Crippen LogP contribution in [0.25, 0.3) is 0 Å². The van der Waals surface area contributed by atoms with E-state index >= 15 is 0 Å². The first-order valence-electron chi connectivity index (χ1n) is 5.99. The number of carbonyl (C=O) groups excluding carboxylic acids is 1. The topological polar surface area (TPSA) is 52.9 Å². The van der Waals surface area contributed by atoms with Gasteiger partial charge in [-0.05, 0) is 42.5 Å². The van der Waals surface area contributed by atoms with Crippen LogP contribution in [0.3, 0.4) is 0 Å². The van der Waals surface area contributed by atoms with E-state index in [1.54, 1.807) is 6.07 Å². The molecule has 0 aliphatic carbocycles. The lowest BCUT2D eigenvalue weighted by Crippen LogP contribution is -2.14. The van der Waals surface area contributed by atoms with Gasteiger partial charge in [0.15, 0.2) is 0 Å². The van der Waals surface area contributed by atoms with Crippen LogP contribution in [-0.2, 0) is 6.18 Å². The SMILES string of the molecule is N#Cc1ccc(F)c(C(=O)Nc2ccc(C(F)(F)F)cc2)c1. The second-order valence-electron chi connectivity index (χ2n) is 4.34. The molecule has 7 heteroatoms. The quantitative estimate of drug-likeness (QED) is 0.854. The predicted octanol–water partition coefficient (Wildman–Crippen LogP) is 3.97. The number of alkyl halides is 3. The van der Waals surface area contributed by atoms with E-state index in [1.807, 2.05) is 0 Å². The zero-order chi connectivity index (χ0) is 16.3. The van der Waals surface area contributed by atoms with E-state index < -0.39 is 23.5 Å². The first-order chi connectivity index (χ1) is 10.3. The molecule has 0 aliphatic rings. The fourth-order valence-corrected chi connectivity index (χ4v) is 1.71. The fourth-order valence-electron chi connectivity index (χ4n) is 1.71. The van der Waals surface area contributed by atoms with E-state index in [-0.39, 0.29) is 16.8 Å². The van der Waals surface area contributed by atoms with E-state index in [0.717, 1.165) is 36.4 Å². The average molecular weight is 308 g/mol. The average Bonchev–Trinajstić information content (AvgIpc) is 2.47. The molecule has 0 saturated heterocycles. The number of halogens is 4. The minimum atomic E-state index is -4.48. The molecular weight excluding hydrogens is 300 g/mol. The van der Waals surface area contributed by atoms with Gasteiger partial charge < -0.3 is 5.32 Å². The Labute approximate surface area is 122 Å². The van der Waals surface area contributed by atoms with Crippen molar-refractivity contribution in [1.82, 2.24) is 0 Å². The molecule has 1 N–H and O–H groups in total. The van der Waals surface area contributed by atoms with Crippen LogP contribution in [0.2, 0.25) is 0 Å². The Hall–Kier alpha value is -2.88. The summed E-state index contributed by atoms with van der Waals surface area (Å²) in [5.74, 6) is -1.68. The first kappa shape index (κ1) is 15.5. The Kier molecular flexibility index (Phi) is 4.13. The van der Waals surface area contributed by atoms with Crippen molar-refractivity contribution >= 4 is 11.6 Å². The highest BCUT2D eigenvalue weighted by Crippen LogP contribution is 2.29. The van der Waals surface area contributed by atoms with Crippen molar-refractivity contribution in [3.8, 4) is 6.07 Å². The van der Waals surface area contributed by atoms with Crippen molar-refractivity contribution in [2.45, 2.75) is 6.18 Å². The predicted molar refractivity (Wildman–Crippen MR) is 70.5 cm³/mol. The number of rotatable bonds is 2. The maximum absolute atomic E-state index is 13.6. The summed E-state index contributed by atoms with van der Waals surface area (Å²) in [6, 6.07) is 8.75. The molecule has 0 saturated carbocycles. The number of benzene rings is 2. The van der Waals surface area contributed by atoms with E-state index in [1.165, 1.54) is 6.07 Å². The van der Waals surface area contributed by atoms with Gasteiger partial charge in [0.05, 0.1) is 22.8 Å². The Morgan fingerprint density at radius 1 is 1.09 bits per heavy atom. The Morgan fingerprint density at radius 2 is 1.73 bits per heavy atom. The maximum atomic E-state index is 13.6. The highest BCUT2D eigenvalue weighted by atomic mass is 19.4.